The van der Waals surface area contributed by atoms with E-state index in [2.05, 4.69) is 47.3 Å². The predicted molar refractivity (Wildman–Crippen MR) is 75.5 cm³/mol. The zero-order valence-electron chi connectivity index (χ0n) is 10.7. The van der Waals surface area contributed by atoms with Gasteiger partial charge in [-0.3, -0.25) is 4.98 Å². The van der Waals surface area contributed by atoms with Gasteiger partial charge in [-0.1, -0.05) is 30.3 Å². The molecule has 0 aliphatic rings. The Hall–Kier alpha value is -1.87. The number of anilines is 1. The van der Waals surface area contributed by atoms with Gasteiger partial charge >= 0.3 is 0 Å². The minimum Gasteiger partial charge on any atom is -0.373 e. The highest BCUT2D eigenvalue weighted by molar-refractivity contribution is 5.49. The van der Waals surface area contributed by atoms with Gasteiger partial charge in [0.15, 0.2) is 0 Å². The van der Waals surface area contributed by atoms with Gasteiger partial charge in [-0.2, -0.15) is 0 Å². The van der Waals surface area contributed by atoms with Crippen molar-refractivity contribution in [2.24, 2.45) is 5.73 Å². The van der Waals surface area contributed by atoms with Crippen LogP contribution in [0.2, 0.25) is 0 Å². The number of nitrogens with zero attached hydrogens (tertiary/aromatic N) is 2. The molecule has 3 heteroatoms. The van der Waals surface area contributed by atoms with Crippen molar-refractivity contribution in [3.05, 3.63) is 59.9 Å². The van der Waals surface area contributed by atoms with Crippen molar-refractivity contribution in [3.8, 4) is 0 Å². The minimum atomic E-state index is 0.478. The topological polar surface area (TPSA) is 42.2 Å². The van der Waals surface area contributed by atoms with Crippen LogP contribution in [-0.4, -0.2) is 18.6 Å². The van der Waals surface area contributed by atoms with E-state index in [1.807, 2.05) is 12.1 Å². The van der Waals surface area contributed by atoms with Gasteiger partial charge in [0.1, 0.15) is 0 Å². The normalized spacial score (nSPS) is 10.3. The van der Waals surface area contributed by atoms with Crippen molar-refractivity contribution in [3.63, 3.8) is 0 Å². The fraction of sp³-hybridized carbons (Fsp3) is 0.267. The molecule has 0 saturated heterocycles. The number of rotatable bonds is 5. The van der Waals surface area contributed by atoms with Gasteiger partial charge in [0, 0.05) is 26.3 Å². The Balaban J connectivity index is 2.01. The Morgan fingerprint density at radius 3 is 2.61 bits per heavy atom. The number of likely N-dealkylation sites (N-methyl/N-ethyl adjacent to an activating group) is 1. The average Bonchev–Trinajstić information content (AvgIpc) is 2.45. The lowest BCUT2D eigenvalue weighted by molar-refractivity contribution is 0.854. The molecule has 2 N–H and O–H groups in total. The summed E-state index contributed by atoms with van der Waals surface area (Å²) in [6.45, 7) is 1.44. The fourth-order valence-corrected chi connectivity index (χ4v) is 2.00. The number of hydrogen-bond donors (Lipinski definition) is 1. The van der Waals surface area contributed by atoms with Crippen molar-refractivity contribution in [2.45, 2.75) is 13.0 Å². The number of pyridine rings is 1. The maximum atomic E-state index is 5.71. The Morgan fingerprint density at radius 2 is 1.89 bits per heavy atom. The summed E-state index contributed by atoms with van der Waals surface area (Å²) in [5, 5.41) is 0. The van der Waals surface area contributed by atoms with Crippen molar-refractivity contribution >= 4 is 5.69 Å². The van der Waals surface area contributed by atoms with E-state index >= 15 is 0 Å². The van der Waals surface area contributed by atoms with E-state index in [0.29, 0.717) is 6.54 Å². The van der Waals surface area contributed by atoms with E-state index < -0.39 is 0 Å². The molecule has 0 unspecified atom stereocenters. The van der Waals surface area contributed by atoms with Crippen molar-refractivity contribution < 1.29 is 0 Å². The van der Waals surface area contributed by atoms with Crippen LogP contribution in [0.4, 0.5) is 5.69 Å². The Labute approximate surface area is 108 Å². The highest BCUT2D eigenvalue weighted by Crippen LogP contribution is 2.16. The minimum absolute atomic E-state index is 0.478. The summed E-state index contributed by atoms with van der Waals surface area (Å²) in [4.78, 5) is 6.52. The van der Waals surface area contributed by atoms with Crippen molar-refractivity contribution in [1.29, 1.82) is 0 Å². The summed E-state index contributed by atoms with van der Waals surface area (Å²) >= 11 is 0. The summed E-state index contributed by atoms with van der Waals surface area (Å²) < 4.78 is 0. The summed E-state index contributed by atoms with van der Waals surface area (Å²) in [6, 6.07) is 14.5. The van der Waals surface area contributed by atoms with E-state index in [4.69, 9.17) is 5.73 Å². The fourth-order valence-electron chi connectivity index (χ4n) is 2.00. The molecule has 0 spiro atoms. The van der Waals surface area contributed by atoms with Gasteiger partial charge < -0.3 is 10.6 Å². The van der Waals surface area contributed by atoms with Gasteiger partial charge in [0.2, 0.25) is 0 Å². The Kier molecular flexibility index (Phi) is 4.31. The monoisotopic (exact) mass is 241 g/mol. The first kappa shape index (κ1) is 12.6. The predicted octanol–water partition coefficient (Wildman–Crippen LogP) is 2.22. The lowest BCUT2D eigenvalue weighted by Crippen LogP contribution is -2.22. The van der Waals surface area contributed by atoms with Crippen molar-refractivity contribution in [1.82, 2.24) is 4.98 Å². The largest absolute Gasteiger partial charge is 0.373 e. The summed E-state index contributed by atoms with van der Waals surface area (Å²) in [6.07, 6.45) is 2.81. The SMILES string of the molecule is CN(CCc1ccccc1)c1cccnc1CN. The Morgan fingerprint density at radius 1 is 1.11 bits per heavy atom. The zero-order chi connectivity index (χ0) is 12.8. The van der Waals surface area contributed by atoms with Crippen molar-refractivity contribution in [2.75, 3.05) is 18.5 Å². The van der Waals surface area contributed by atoms with Gasteiger partial charge in [-0.15, -0.1) is 0 Å². The Bertz CT molecular complexity index is 482. The standard InChI is InChI=1S/C15H19N3/c1-18(11-9-13-6-3-2-4-7-13)15-8-5-10-17-14(15)12-16/h2-8,10H,9,11-12,16H2,1H3. The summed E-state index contributed by atoms with van der Waals surface area (Å²) in [5.41, 5.74) is 9.13. The highest BCUT2D eigenvalue weighted by Gasteiger charge is 2.06. The summed E-state index contributed by atoms with van der Waals surface area (Å²) in [5.74, 6) is 0. The molecule has 0 amide bonds. The molecule has 18 heavy (non-hydrogen) atoms. The van der Waals surface area contributed by atoms with E-state index in [-0.39, 0.29) is 0 Å². The molecular weight excluding hydrogens is 222 g/mol. The first-order valence-corrected chi connectivity index (χ1v) is 6.20. The molecule has 1 heterocycles. The molecule has 0 bridgehead atoms. The molecule has 3 nitrogen and oxygen atoms in total. The first-order chi connectivity index (χ1) is 8.81. The van der Waals surface area contributed by atoms with Gasteiger partial charge in [-0.25, -0.2) is 0 Å². The van der Waals surface area contributed by atoms with Crippen LogP contribution in [0.5, 0.6) is 0 Å². The second kappa shape index (κ2) is 6.17. The molecule has 0 fully saturated rings. The quantitative estimate of drug-likeness (QED) is 0.872. The average molecular weight is 241 g/mol. The van der Waals surface area contributed by atoms with Crippen LogP contribution < -0.4 is 10.6 Å². The molecule has 0 atom stereocenters. The van der Waals surface area contributed by atoms with Crippen LogP contribution in [0.25, 0.3) is 0 Å². The highest BCUT2D eigenvalue weighted by atomic mass is 15.1. The van der Waals surface area contributed by atoms with Gasteiger partial charge in [0.25, 0.3) is 0 Å². The maximum absolute atomic E-state index is 5.71. The van der Waals surface area contributed by atoms with Crippen LogP contribution in [-0.2, 0) is 13.0 Å². The van der Waals surface area contributed by atoms with E-state index in [1.165, 1.54) is 5.56 Å². The molecule has 0 saturated carbocycles. The third-order valence-electron chi connectivity index (χ3n) is 3.05. The molecule has 0 radical (unpaired) electrons. The van der Waals surface area contributed by atoms with Gasteiger partial charge in [-0.05, 0) is 24.1 Å². The molecular formula is C15H19N3. The molecule has 94 valence electrons. The smallest absolute Gasteiger partial charge is 0.0772 e. The second-order valence-corrected chi connectivity index (χ2v) is 4.33. The van der Waals surface area contributed by atoms with Crippen LogP contribution in [0.3, 0.4) is 0 Å². The van der Waals surface area contributed by atoms with Gasteiger partial charge in [0.05, 0.1) is 11.4 Å². The van der Waals surface area contributed by atoms with E-state index in [9.17, 15) is 0 Å². The molecule has 0 aliphatic carbocycles. The third-order valence-corrected chi connectivity index (χ3v) is 3.05. The molecule has 1 aromatic carbocycles. The van der Waals surface area contributed by atoms with Crippen LogP contribution >= 0.6 is 0 Å². The number of aromatic nitrogens is 1. The first-order valence-electron chi connectivity index (χ1n) is 6.20. The van der Waals surface area contributed by atoms with E-state index in [1.54, 1.807) is 6.20 Å². The van der Waals surface area contributed by atoms with Crippen LogP contribution in [0, 0.1) is 0 Å². The third kappa shape index (κ3) is 3.08. The zero-order valence-corrected chi connectivity index (χ0v) is 10.7. The number of benzene rings is 1. The molecule has 0 aliphatic heterocycles. The number of nitrogens with two attached hydrogens (primary N) is 1. The lowest BCUT2D eigenvalue weighted by atomic mass is 10.1. The maximum Gasteiger partial charge on any atom is 0.0772 e. The van der Waals surface area contributed by atoms with Crippen LogP contribution in [0.15, 0.2) is 48.7 Å². The molecule has 2 aromatic rings. The van der Waals surface area contributed by atoms with Crippen LogP contribution in [0.1, 0.15) is 11.3 Å². The number of hydrogen-bond acceptors (Lipinski definition) is 3. The molecule has 1 aromatic heterocycles. The lowest BCUT2D eigenvalue weighted by Gasteiger charge is -2.21. The second-order valence-electron chi connectivity index (χ2n) is 4.33. The molecule has 2 rings (SSSR count). The van der Waals surface area contributed by atoms with E-state index in [0.717, 1.165) is 24.3 Å². The summed E-state index contributed by atoms with van der Waals surface area (Å²) in [7, 11) is 2.08.